The molecule has 3 saturated carbocycles. The first-order chi connectivity index (χ1) is 11.0. The van der Waals surface area contributed by atoms with Crippen LogP contribution >= 0.6 is 0 Å². The second-order valence-electron chi connectivity index (χ2n) is 10.2. The van der Waals surface area contributed by atoms with Crippen LogP contribution in [-0.4, -0.2) is 0 Å². The van der Waals surface area contributed by atoms with E-state index in [1.807, 2.05) is 0 Å². The van der Waals surface area contributed by atoms with E-state index in [0.717, 1.165) is 53.3 Å². The standard InChI is InChI=1S/C23H42/c1-15-6-9-20(10-7-15)21-11-13-22(17(3)14-21)23-12-8-16(2)18(4)19(23)5/h15-23H,6-14H2,1-5H3. The van der Waals surface area contributed by atoms with E-state index in [-0.39, 0.29) is 0 Å². The van der Waals surface area contributed by atoms with Gasteiger partial charge in [0.05, 0.1) is 0 Å². The quantitative estimate of drug-likeness (QED) is 0.505. The third kappa shape index (κ3) is 3.82. The van der Waals surface area contributed by atoms with Crippen molar-refractivity contribution < 1.29 is 0 Å². The van der Waals surface area contributed by atoms with Crippen molar-refractivity contribution in [1.29, 1.82) is 0 Å². The smallest absolute Gasteiger partial charge is 0.0355 e. The maximum atomic E-state index is 2.61. The highest BCUT2D eigenvalue weighted by atomic mass is 14.5. The molecule has 0 N–H and O–H groups in total. The Labute approximate surface area is 146 Å². The normalized spacial score (nSPS) is 52.3. The molecule has 0 bridgehead atoms. The molecule has 0 aromatic carbocycles. The van der Waals surface area contributed by atoms with Crippen LogP contribution in [0, 0.1) is 53.3 Å². The molecule has 7 unspecified atom stereocenters. The van der Waals surface area contributed by atoms with E-state index in [4.69, 9.17) is 0 Å². The Bertz CT molecular complexity index is 364. The molecule has 0 aromatic heterocycles. The molecule has 0 aliphatic heterocycles. The lowest BCUT2D eigenvalue weighted by Gasteiger charge is -2.48. The van der Waals surface area contributed by atoms with Gasteiger partial charge in [0.15, 0.2) is 0 Å². The molecule has 7 atom stereocenters. The van der Waals surface area contributed by atoms with Crippen LogP contribution in [0.3, 0.4) is 0 Å². The van der Waals surface area contributed by atoms with Crippen LogP contribution in [0.5, 0.6) is 0 Å². The average molecular weight is 319 g/mol. The molecule has 3 rings (SSSR count). The lowest BCUT2D eigenvalue weighted by Crippen LogP contribution is -2.39. The summed E-state index contributed by atoms with van der Waals surface area (Å²) in [6, 6.07) is 0. The van der Waals surface area contributed by atoms with E-state index in [2.05, 4.69) is 34.6 Å². The highest BCUT2D eigenvalue weighted by Gasteiger charge is 2.41. The molecule has 0 nitrogen and oxygen atoms in total. The Kier molecular flexibility index (Phi) is 5.80. The van der Waals surface area contributed by atoms with Crippen LogP contribution in [0.25, 0.3) is 0 Å². The summed E-state index contributed by atoms with van der Waals surface area (Å²) in [5.41, 5.74) is 0. The first-order valence-electron chi connectivity index (χ1n) is 11.0. The molecule has 0 heterocycles. The summed E-state index contributed by atoms with van der Waals surface area (Å²) in [5, 5.41) is 0. The summed E-state index contributed by atoms with van der Waals surface area (Å²) < 4.78 is 0. The van der Waals surface area contributed by atoms with Crippen LogP contribution in [0.15, 0.2) is 0 Å². The zero-order chi connectivity index (χ0) is 16.6. The Morgan fingerprint density at radius 2 is 1.09 bits per heavy atom. The van der Waals surface area contributed by atoms with Gasteiger partial charge in [0, 0.05) is 0 Å². The fraction of sp³-hybridized carbons (Fsp3) is 1.00. The highest BCUT2D eigenvalue weighted by molar-refractivity contribution is 4.91. The molecule has 0 saturated heterocycles. The van der Waals surface area contributed by atoms with Gasteiger partial charge < -0.3 is 0 Å². The van der Waals surface area contributed by atoms with Crippen molar-refractivity contribution in [2.75, 3.05) is 0 Å². The van der Waals surface area contributed by atoms with Crippen molar-refractivity contribution in [2.45, 2.75) is 92.4 Å². The van der Waals surface area contributed by atoms with Gasteiger partial charge in [0.1, 0.15) is 0 Å². The van der Waals surface area contributed by atoms with E-state index < -0.39 is 0 Å². The van der Waals surface area contributed by atoms with Gasteiger partial charge in [0.2, 0.25) is 0 Å². The van der Waals surface area contributed by atoms with E-state index in [9.17, 15) is 0 Å². The fourth-order valence-electron chi connectivity index (χ4n) is 6.78. The van der Waals surface area contributed by atoms with Crippen molar-refractivity contribution >= 4 is 0 Å². The summed E-state index contributed by atoms with van der Waals surface area (Å²) in [6.45, 7) is 12.7. The molecule has 23 heavy (non-hydrogen) atoms. The van der Waals surface area contributed by atoms with E-state index >= 15 is 0 Å². The highest BCUT2D eigenvalue weighted by Crippen LogP contribution is 2.50. The Morgan fingerprint density at radius 1 is 0.478 bits per heavy atom. The summed E-state index contributed by atoms with van der Waals surface area (Å²) in [5.74, 6) is 9.07. The minimum absolute atomic E-state index is 0.943. The summed E-state index contributed by atoms with van der Waals surface area (Å²) >= 11 is 0. The van der Waals surface area contributed by atoms with Crippen LogP contribution in [0.1, 0.15) is 92.4 Å². The molecule has 0 amide bonds. The predicted molar refractivity (Wildman–Crippen MR) is 101 cm³/mol. The third-order valence-corrected chi connectivity index (χ3v) is 8.91. The van der Waals surface area contributed by atoms with Gasteiger partial charge in [-0.2, -0.15) is 0 Å². The first-order valence-corrected chi connectivity index (χ1v) is 11.0. The summed E-state index contributed by atoms with van der Waals surface area (Å²) in [7, 11) is 0. The zero-order valence-corrected chi connectivity index (χ0v) is 16.6. The van der Waals surface area contributed by atoms with Crippen LogP contribution in [0.4, 0.5) is 0 Å². The lowest BCUT2D eigenvalue weighted by atomic mass is 9.57. The fourth-order valence-corrected chi connectivity index (χ4v) is 6.78. The monoisotopic (exact) mass is 318 g/mol. The van der Waals surface area contributed by atoms with Gasteiger partial charge in [-0.3, -0.25) is 0 Å². The molecule has 134 valence electrons. The minimum Gasteiger partial charge on any atom is -0.0625 e. The largest absolute Gasteiger partial charge is 0.0625 e. The molecule has 0 radical (unpaired) electrons. The number of hydrogen-bond acceptors (Lipinski definition) is 0. The first kappa shape index (κ1) is 17.8. The average Bonchev–Trinajstić information content (AvgIpc) is 2.54. The SMILES string of the molecule is CC1CCC(C2CCC(C3CCC(C)C(C)C3C)C(C)C2)CC1. The number of rotatable bonds is 2. The Hall–Kier alpha value is 0. The van der Waals surface area contributed by atoms with Gasteiger partial charge in [-0.05, 0) is 91.8 Å². The molecular formula is C23H42. The molecular weight excluding hydrogens is 276 g/mol. The third-order valence-electron chi connectivity index (χ3n) is 8.91. The second-order valence-corrected chi connectivity index (χ2v) is 10.2. The summed E-state index contributed by atoms with van der Waals surface area (Å²) in [4.78, 5) is 0. The van der Waals surface area contributed by atoms with Crippen molar-refractivity contribution in [3.8, 4) is 0 Å². The molecule has 0 heteroatoms. The van der Waals surface area contributed by atoms with E-state index in [0.29, 0.717) is 0 Å². The van der Waals surface area contributed by atoms with E-state index in [1.165, 1.54) is 38.5 Å². The maximum Gasteiger partial charge on any atom is -0.0355 e. The molecule has 0 spiro atoms. The van der Waals surface area contributed by atoms with Crippen molar-refractivity contribution in [3.05, 3.63) is 0 Å². The van der Waals surface area contributed by atoms with Crippen LogP contribution in [-0.2, 0) is 0 Å². The van der Waals surface area contributed by atoms with Gasteiger partial charge in [-0.25, -0.2) is 0 Å². The van der Waals surface area contributed by atoms with Crippen molar-refractivity contribution in [2.24, 2.45) is 53.3 Å². The van der Waals surface area contributed by atoms with E-state index in [1.54, 1.807) is 19.3 Å². The Morgan fingerprint density at radius 3 is 1.74 bits per heavy atom. The van der Waals surface area contributed by atoms with Gasteiger partial charge in [-0.1, -0.05) is 53.9 Å². The van der Waals surface area contributed by atoms with Crippen LogP contribution < -0.4 is 0 Å². The second kappa shape index (κ2) is 7.49. The van der Waals surface area contributed by atoms with Gasteiger partial charge >= 0.3 is 0 Å². The van der Waals surface area contributed by atoms with Crippen LogP contribution in [0.2, 0.25) is 0 Å². The molecule has 3 aliphatic carbocycles. The zero-order valence-electron chi connectivity index (χ0n) is 16.6. The van der Waals surface area contributed by atoms with Gasteiger partial charge in [0.25, 0.3) is 0 Å². The molecule has 0 aromatic rings. The Balaban J connectivity index is 1.56. The lowest BCUT2D eigenvalue weighted by molar-refractivity contribution is 0.0172. The minimum atomic E-state index is 0.943. The topological polar surface area (TPSA) is 0 Å². The van der Waals surface area contributed by atoms with Gasteiger partial charge in [-0.15, -0.1) is 0 Å². The molecule has 3 aliphatic rings. The molecule has 3 fully saturated rings. The van der Waals surface area contributed by atoms with Crippen molar-refractivity contribution in [3.63, 3.8) is 0 Å². The number of hydrogen-bond donors (Lipinski definition) is 0. The predicted octanol–water partition coefficient (Wildman–Crippen LogP) is 7.18. The maximum absolute atomic E-state index is 2.61. The summed E-state index contributed by atoms with van der Waals surface area (Å²) in [6.07, 6.45) is 13.8. The van der Waals surface area contributed by atoms with Crippen molar-refractivity contribution in [1.82, 2.24) is 0 Å².